The molecule has 4 nitrogen and oxygen atoms in total. The zero-order chi connectivity index (χ0) is 18.2. The summed E-state index contributed by atoms with van der Waals surface area (Å²) in [5.74, 6) is 0.810. The maximum atomic E-state index is 5.62. The lowest BCUT2D eigenvalue weighted by Crippen LogP contribution is -2.29. The highest BCUT2D eigenvalue weighted by Crippen LogP contribution is 2.23. The van der Waals surface area contributed by atoms with Crippen molar-refractivity contribution in [2.45, 2.75) is 32.7 Å². The third kappa shape index (κ3) is 5.11. The molecule has 3 rings (SSSR count). The maximum Gasteiger partial charge on any atom is 0.171 e. The number of benzene rings is 2. The first-order valence-electron chi connectivity index (χ1n) is 9.37. The number of hydrogen-bond donors (Lipinski definition) is 2. The largest absolute Gasteiger partial charge is 0.492 e. The summed E-state index contributed by atoms with van der Waals surface area (Å²) in [6.07, 6.45) is 3.95. The van der Waals surface area contributed by atoms with Crippen LogP contribution in [0.25, 0.3) is 0 Å². The van der Waals surface area contributed by atoms with Gasteiger partial charge >= 0.3 is 0 Å². The summed E-state index contributed by atoms with van der Waals surface area (Å²) in [4.78, 5) is 2.47. The number of hydrogen-bond acceptors (Lipinski definition) is 3. The van der Waals surface area contributed by atoms with Gasteiger partial charge in [0.2, 0.25) is 0 Å². The Morgan fingerprint density at radius 3 is 2.50 bits per heavy atom. The van der Waals surface area contributed by atoms with Gasteiger partial charge in [-0.25, -0.2) is 0 Å². The van der Waals surface area contributed by atoms with Crippen LogP contribution in [0.5, 0.6) is 5.75 Å². The molecule has 1 heterocycles. The van der Waals surface area contributed by atoms with E-state index in [-0.39, 0.29) is 0 Å². The molecule has 0 saturated carbocycles. The van der Waals surface area contributed by atoms with Crippen LogP contribution in [0.3, 0.4) is 0 Å². The lowest BCUT2D eigenvalue weighted by molar-refractivity contribution is 0.342. The Labute approximate surface area is 161 Å². The summed E-state index contributed by atoms with van der Waals surface area (Å²) in [6, 6.07) is 16.6. The van der Waals surface area contributed by atoms with Crippen molar-refractivity contribution in [1.82, 2.24) is 5.32 Å². The molecule has 26 heavy (non-hydrogen) atoms. The van der Waals surface area contributed by atoms with Gasteiger partial charge in [0.05, 0.1) is 12.3 Å². The molecule has 2 aromatic rings. The average Bonchev–Trinajstić information content (AvgIpc) is 2.69. The Balaban J connectivity index is 1.51. The van der Waals surface area contributed by atoms with Crippen LogP contribution in [0.15, 0.2) is 48.5 Å². The normalized spacial score (nSPS) is 14.0. The van der Waals surface area contributed by atoms with Gasteiger partial charge in [-0.3, -0.25) is 0 Å². The van der Waals surface area contributed by atoms with Gasteiger partial charge in [0.15, 0.2) is 5.11 Å². The predicted octanol–water partition coefficient (Wildman–Crippen LogP) is 4.56. The van der Waals surface area contributed by atoms with E-state index in [0.29, 0.717) is 18.3 Å². The first-order chi connectivity index (χ1) is 12.8. The summed E-state index contributed by atoms with van der Waals surface area (Å²) in [7, 11) is 0. The molecule has 5 heteroatoms. The molecular formula is C21H27N3OS. The first-order valence-corrected chi connectivity index (χ1v) is 9.77. The van der Waals surface area contributed by atoms with Crippen LogP contribution in [0.2, 0.25) is 0 Å². The van der Waals surface area contributed by atoms with Crippen LogP contribution in [0, 0.1) is 0 Å². The second-order valence-electron chi connectivity index (χ2n) is 6.45. The monoisotopic (exact) mass is 369 g/mol. The molecule has 0 atom stereocenters. The van der Waals surface area contributed by atoms with Gasteiger partial charge in [0.1, 0.15) is 5.75 Å². The van der Waals surface area contributed by atoms with E-state index in [0.717, 1.165) is 11.4 Å². The topological polar surface area (TPSA) is 36.5 Å². The standard InChI is InChI=1S/C21H27N3OS/c1-2-25-20-9-5-4-8-19(20)23-21(26)22-16-17-10-12-18(13-11-17)24-14-6-3-7-15-24/h4-5,8-13H,2-3,6-7,14-16H2,1H3,(H2,22,23,26). The van der Waals surface area contributed by atoms with E-state index in [1.807, 2.05) is 31.2 Å². The number of nitrogens with zero attached hydrogens (tertiary/aromatic N) is 1. The van der Waals surface area contributed by atoms with E-state index < -0.39 is 0 Å². The molecule has 138 valence electrons. The zero-order valence-electron chi connectivity index (χ0n) is 15.3. The van der Waals surface area contributed by atoms with Crippen LogP contribution < -0.4 is 20.3 Å². The molecule has 2 aromatic carbocycles. The molecule has 1 aliphatic heterocycles. The van der Waals surface area contributed by atoms with Gasteiger partial charge in [-0.05, 0) is 68.2 Å². The van der Waals surface area contributed by atoms with Crippen molar-refractivity contribution in [3.8, 4) is 5.75 Å². The number of anilines is 2. The highest BCUT2D eigenvalue weighted by molar-refractivity contribution is 7.80. The molecule has 0 unspecified atom stereocenters. The number of piperidine rings is 1. The van der Waals surface area contributed by atoms with Gasteiger partial charge in [-0.2, -0.15) is 0 Å². The van der Waals surface area contributed by atoms with Crippen LogP contribution >= 0.6 is 12.2 Å². The smallest absolute Gasteiger partial charge is 0.171 e. The Morgan fingerprint density at radius 1 is 1.04 bits per heavy atom. The van der Waals surface area contributed by atoms with Gasteiger partial charge in [0, 0.05) is 25.3 Å². The summed E-state index contributed by atoms with van der Waals surface area (Å²) in [5, 5.41) is 7.08. The summed E-state index contributed by atoms with van der Waals surface area (Å²) in [6.45, 7) is 5.64. The Morgan fingerprint density at radius 2 is 1.77 bits per heavy atom. The molecule has 0 radical (unpaired) electrons. The van der Waals surface area contributed by atoms with Gasteiger partial charge in [-0.15, -0.1) is 0 Å². The van der Waals surface area contributed by atoms with Crippen molar-refractivity contribution in [1.29, 1.82) is 0 Å². The molecule has 0 amide bonds. The fourth-order valence-electron chi connectivity index (χ4n) is 3.18. The van der Waals surface area contributed by atoms with E-state index >= 15 is 0 Å². The van der Waals surface area contributed by atoms with Crippen molar-refractivity contribution < 1.29 is 4.74 Å². The highest BCUT2D eigenvalue weighted by atomic mass is 32.1. The third-order valence-electron chi connectivity index (χ3n) is 4.55. The molecule has 1 aliphatic rings. The zero-order valence-corrected chi connectivity index (χ0v) is 16.1. The van der Waals surface area contributed by atoms with E-state index in [9.17, 15) is 0 Å². The molecule has 1 fully saturated rings. The lowest BCUT2D eigenvalue weighted by atomic mass is 10.1. The lowest BCUT2D eigenvalue weighted by Gasteiger charge is -2.28. The van der Waals surface area contributed by atoms with Crippen LogP contribution in [0.4, 0.5) is 11.4 Å². The van der Waals surface area contributed by atoms with Gasteiger partial charge < -0.3 is 20.3 Å². The number of nitrogens with one attached hydrogen (secondary N) is 2. The van der Waals surface area contributed by atoms with Crippen molar-refractivity contribution in [2.75, 3.05) is 29.9 Å². The van der Waals surface area contributed by atoms with E-state index in [2.05, 4.69) is 39.8 Å². The summed E-state index contributed by atoms with van der Waals surface area (Å²) >= 11 is 5.42. The number of para-hydroxylation sites is 2. The molecule has 0 bridgehead atoms. The minimum absolute atomic E-state index is 0.595. The van der Waals surface area contributed by atoms with Crippen molar-refractivity contribution in [2.24, 2.45) is 0 Å². The molecule has 0 aromatic heterocycles. The van der Waals surface area contributed by atoms with Gasteiger partial charge in [-0.1, -0.05) is 24.3 Å². The maximum absolute atomic E-state index is 5.62. The van der Waals surface area contributed by atoms with E-state index in [4.69, 9.17) is 17.0 Å². The van der Waals surface area contributed by atoms with Crippen molar-refractivity contribution >= 4 is 28.7 Å². The predicted molar refractivity (Wildman–Crippen MR) is 113 cm³/mol. The Hall–Kier alpha value is -2.27. The molecule has 0 spiro atoms. The third-order valence-corrected chi connectivity index (χ3v) is 4.79. The number of rotatable bonds is 6. The SMILES string of the molecule is CCOc1ccccc1NC(=S)NCc1ccc(N2CCCCC2)cc1. The quantitative estimate of drug-likeness (QED) is 0.730. The number of ether oxygens (including phenoxy) is 1. The molecular weight excluding hydrogens is 342 g/mol. The van der Waals surface area contributed by atoms with E-state index in [1.165, 1.54) is 43.6 Å². The minimum atomic E-state index is 0.595. The Bertz CT molecular complexity index is 711. The van der Waals surface area contributed by atoms with Gasteiger partial charge in [0.25, 0.3) is 0 Å². The van der Waals surface area contributed by atoms with Crippen LogP contribution in [0.1, 0.15) is 31.7 Å². The molecule has 1 saturated heterocycles. The fourth-order valence-corrected chi connectivity index (χ4v) is 3.36. The average molecular weight is 370 g/mol. The highest BCUT2D eigenvalue weighted by Gasteiger charge is 2.10. The van der Waals surface area contributed by atoms with Crippen molar-refractivity contribution in [3.05, 3.63) is 54.1 Å². The Kier molecular flexibility index (Phi) is 6.72. The van der Waals surface area contributed by atoms with Crippen molar-refractivity contribution in [3.63, 3.8) is 0 Å². The summed E-state index contributed by atoms with van der Waals surface area (Å²) < 4.78 is 5.62. The second-order valence-corrected chi connectivity index (χ2v) is 6.86. The molecule has 0 aliphatic carbocycles. The second kappa shape index (κ2) is 9.43. The molecule has 2 N–H and O–H groups in total. The summed E-state index contributed by atoms with van der Waals surface area (Å²) in [5.41, 5.74) is 3.42. The van der Waals surface area contributed by atoms with E-state index in [1.54, 1.807) is 0 Å². The minimum Gasteiger partial charge on any atom is -0.492 e. The van der Waals surface area contributed by atoms with Crippen LogP contribution in [-0.4, -0.2) is 24.8 Å². The first kappa shape index (κ1) is 18.5. The number of thiocarbonyl (C=S) groups is 1. The fraction of sp³-hybridized carbons (Fsp3) is 0.381. The van der Waals surface area contributed by atoms with Crippen LogP contribution in [-0.2, 0) is 6.54 Å².